The first-order valence-corrected chi connectivity index (χ1v) is 8.32. The Labute approximate surface area is 127 Å². The lowest BCUT2D eigenvalue weighted by Crippen LogP contribution is -2.18. The zero-order valence-corrected chi connectivity index (χ0v) is 13.5. The van der Waals surface area contributed by atoms with Crippen LogP contribution in [0.2, 0.25) is 0 Å². The topological polar surface area (TPSA) is 25.2 Å². The van der Waals surface area contributed by atoms with E-state index in [0.717, 1.165) is 31.0 Å². The van der Waals surface area contributed by atoms with Crippen LogP contribution in [0.15, 0.2) is 28.7 Å². The third kappa shape index (κ3) is 3.16. The minimum absolute atomic E-state index is 0.552. The van der Waals surface area contributed by atoms with Crippen LogP contribution in [-0.4, -0.2) is 6.54 Å². The average Bonchev–Trinajstić information content (AvgIpc) is 2.93. The molecule has 2 heteroatoms. The molecule has 114 valence electrons. The van der Waals surface area contributed by atoms with E-state index in [0.29, 0.717) is 5.41 Å². The van der Waals surface area contributed by atoms with E-state index >= 15 is 0 Å². The minimum atomic E-state index is 0.552. The number of hydrogen-bond acceptors (Lipinski definition) is 2. The fourth-order valence-electron chi connectivity index (χ4n) is 3.18. The van der Waals surface area contributed by atoms with Gasteiger partial charge in [0.1, 0.15) is 11.3 Å². The second kappa shape index (κ2) is 5.84. The lowest BCUT2D eigenvalue weighted by molar-refractivity contribution is 0.505. The van der Waals surface area contributed by atoms with Gasteiger partial charge in [-0.3, -0.25) is 0 Å². The number of benzene rings is 1. The zero-order valence-electron chi connectivity index (χ0n) is 13.5. The van der Waals surface area contributed by atoms with Gasteiger partial charge in [-0.1, -0.05) is 45.4 Å². The second-order valence-electron chi connectivity index (χ2n) is 7.12. The van der Waals surface area contributed by atoms with E-state index in [4.69, 9.17) is 4.42 Å². The molecule has 1 heterocycles. The van der Waals surface area contributed by atoms with Gasteiger partial charge in [-0.15, -0.1) is 0 Å². The molecule has 1 unspecified atom stereocenters. The molecule has 1 aliphatic rings. The molecule has 3 rings (SSSR count). The predicted molar refractivity (Wildman–Crippen MR) is 88.4 cm³/mol. The van der Waals surface area contributed by atoms with Gasteiger partial charge in [0.2, 0.25) is 0 Å². The number of rotatable bonds is 7. The highest BCUT2D eigenvalue weighted by Crippen LogP contribution is 2.51. The molecule has 0 bridgehead atoms. The van der Waals surface area contributed by atoms with Crippen LogP contribution in [-0.2, 0) is 13.0 Å². The molecule has 0 amide bonds. The number of unbranched alkanes of at least 4 members (excludes halogenated alkanes) is 1. The Balaban J connectivity index is 1.72. The first kappa shape index (κ1) is 14.6. The summed E-state index contributed by atoms with van der Waals surface area (Å²) in [5, 5.41) is 4.94. The highest BCUT2D eigenvalue weighted by Gasteiger charge is 2.44. The monoisotopic (exact) mass is 285 g/mol. The number of para-hydroxylation sites is 1. The van der Waals surface area contributed by atoms with E-state index in [2.05, 4.69) is 50.4 Å². The van der Waals surface area contributed by atoms with Crippen LogP contribution < -0.4 is 5.32 Å². The fourth-order valence-corrected chi connectivity index (χ4v) is 3.18. The number of aryl methyl sites for hydroxylation is 1. The summed E-state index contributed by atoms with van der Waals surface area (Å²) in [5.41, 5.74) is 2.96. The highest BCUT2D eigenvalue weighted by atomic mass is 16.3. The van der Waals surface area contributed by atoms with E-state index in [1.165, 1.54) is 36.0 Å². The molecular weight excluding hydrogens is 258 g/mol. The summed E-state index contributed by atoms with van der Waals surface area (Å²) in [6.07, 6.45) is 4.81. The van der Waals surface area contributed by atoms with Crippen molar-refractivity contribution in [2.75, 3.05) is 6.54 Å². The van der Waals surface area contributed by atoms with Crippen molar-refractivity contribution in [1.82, 2.24) is 5.32 Å². The Morgan fingerprint density at radius 2 is 2.05 bits per heavy atom. The van der Waals surface area contributed by atoms with Gasteiger partial charge < -0.3 is 9.73 Å². The molecule has 2 nitrogen and oxygen atoms in total. The first-order chi connectivity index (χ1) is 10.1. The van der Waals surface area contributed by atoms with Gasteiger partial charge in [0.15, 0.2) is 0 Å². The summed E-state index contributed by atoms with van der Waals surface area (Å²) in [6, 6.07) is 8.43. The predicted octanol–water partition coefficient (Wildman–Crippen LogP) is 4.91. The summed E-state index contributed by atoms with van der Waals surface area (Å²) >= 11 is 0. The van der Waals surface area contributed by atoms with Crippen LogP contribution >= 0.6 is 0 Å². The maximum atomic E-state index is 6.08. The third-order valence-electron chi connectivity index (χ3n) is 4.95. The van der Waals surface area contributed by atoms with Crippen molar-refractivity contribution in [2.45, 2.75) is 53.0 Å². The van der Waals surface area contributed by atoms with Gasteiger partial charge in [0.05, 0.1) is 0 Å². The SMILES string of the molecule is CCCCc1oc2ccccc2c1CNCC1CC1(C)C. The molecule has 1 fully saturated rings. The zero-order chi connectivity index (χ0) is 14.9. The summed E-state index contributed by atoms with van der Waals surface area (Å²) in [6.45, 7) is 9.01. The van der Waals surface area contributed by atoms with Crippen molar-refractivity contribution in [2.24, 2.45) is 11.3 Å². The largest absolute Gasteiger partial charge is 0.461 e. The summed E-state index contributed by atoms with van der Waals surface area (Å²) in [7, 11) is 0. The summed E-state index contributed by atoms with van der Waals surface area (Å²) in [5.74, 6) is 2.02. The Morgan fingerprint density at radius 3 is 2.76 bits per heavy atom. The van der Waals surface area contributed by atoms with Crippen molar-refractivity contribution in [3.05, 3.63) is 35.6 Å². The molecule has 1 N–H and O–H groups in total. The second-order valence-corrected chi connectivity index (χ2v) is 7.12. The van der Waals surface area contributed by atoms with Crippen molar-refractivity contribution in [3.63, 3.8) is 0 Å². The molecule has 1 aromatic heterocycles. The molecule has 2 aromatic rings. The maximum Gasteiger partial charge on any atom is 0.134 e. The van der Waals surface area contributed by atoms with Crippen molar-refractivity contribution < 1.29 is 4.42 Å². The lowest BCUT2D eigenvalue weighted by atomic mass is 10.1. The third-order valence-corrected chi connectivity index (χ3v) is 4.95. The molecule has 1 atom stereocenters. The van der Waals surface area contributed by atoms with Gasteiger partial charge >= 0.3 is 0 Å². The summed E-state index contributed by atoms with van der Waals surface area (Å²) < 4.78 is 6.08. The van der Waals surface area contributed by atoms with Crippen LogP contribution in [0.5, 0.6) is 0 Å². The molecule has 0 aliphatic heterocycles. The molecular formula is C19H27NO. The van der Waals surface area contributed by atoms with E-state index in [1.54, 1.807) is 0 Å². The summed E-state index contributed by atoms with van der Waals surface area (Å²) in [4.78, 5) is 0. The van der Waals surface area contributed by atoms with E-state index < -0.39 is 0 Å². The van der Waals surface area contributed by atoms with E-state index in [9.17, 15) is 0 Å². The molecule has 0 radical (unpaired) electrons. The van der Waals surface area contributed by atoms with Crippen molar-refractivity contribution in [3.8, 4) is 0 Å². The van der Waals surface area contributed by atoms with Crippen LogP contribution in [0.25, 0.3) is 11.0 Å². The number of nitrogens with one attached hydrogen (secondary N) is 1. The van der Waals surface area contributed by atoms with Gasteiger partial charge in [0, 0.05) is 23.9 Å². The first-order valence-electron chi connectivity index (χ1n) is 8.32. The van der Waals surface area contributed by atoms with Gasteiger partial charge in [-0.05, 0) is 36.8 Å². The molecule has 1 aromatic carbocycles. The molecule has 21 heavy (non-hydrogen) atoms. The molecule has 1 saturated carbocycles. The van der Waals surface area contributed by atoms with Crippen LogP contribution in [0.1, 0.15) is 51.4 Å². The molecule has 1 aliphatic carbocycles. The highest BCUT2D eigenvalue weighted by molar-refractivity contribution is 5.82. The standard InChI is InChI=1S/C19H27NO/c1-4-5-9-18-16(13-20-12-14-11-19(14,2)3)15-8-6-7-10-17(15)21-18/h6-8,10,14,20H,4-5,9,11-13H2,1-3H3. The average molecular weight is 285 g/mol. The van der Waals surface area contributed by atoms with Crippen LogP contribution in [0, 0.1) is 11.3 Å². The minimum Gasteiger partial charge on any atom is -0.461 e. The van der Waals surface area contributed by atoms with Crippen LogP contribution in [0.4, 0.5) is 0 Å². The lowest BCUT2D eigenvalue weighted by Gasteiger charge is -2.07. The number of fused-ring (bicyclic) bond motifs is 1. The molecule has 0 spiro atoms. The smallest absolute Gasteiger partial charge is 0.134 e. The Morgan fingerprint density at radius 1 is 1.29 bits per heavy atom. The van der Waals surface area contributed by atoms with Crippen molar-refractivity contribution >= 4 is 11.0 Å². The van der Waals surface area contributed by atoms with Crippen LogP contribution in [0.3, 0.4) is 0 Å². The molecule has 0 saturated heterocycles. The van der Waals surface area contributed by atoms with Gasteiger partial charge in [0.25, 0.3) is 0 Å². The van der Waals surface area contributed by atoms with Gasteiger partial charge in [-0.2, -0.15) is 0 Å². The van der Waals surface area contributed by atoms with E-state index in [-0.39, 0.29) is 0 Å². The Hall–Kier alpha value is -1.28. The maximum absolute atomic E-state index is 6.08. The Bertz CT molecular complexity index is 611. The number of hydrogen-bond donors (Lipinski definition) is 1. The van der Waals surface area contributed by atoms with E-state index in [1.807, 2.05) is 0 Å². The fraction of sp³-hybridized carbons (Fsp3) is 0.579. The quantitative estimate of drug-likeness (QED) is 0.782. The number of furan rings is 1. The van der Waals surface area contributed by atoms with Gasteiger partial charge in [-0.25, -0.2) is 0 Å². The Kier molecular flexibility index (Phi) is 4.08. The normalized spacial score (nSPS) is 20.0. The van der Waals surface area contributed by atoms with Crippen molar-refractivity contribution in [1.29, 1.82) is 0 Å².